The molecule has 0 aromatic heterocycles. The van der Waals surface area contributed by atoms with Crippen molar-refractivity contribution in [1.82, 2.24) is 0 Å². The van der Waals surface area contributed by atoms with Gasteiger partial charge in [-0.1, -0.05) is 36.4 Å². The Morgan fingerprint density at radius 2 is 1.06 bits per heavy atom. The maximum Gasteiger partial charge on any atom is 0.121 e. The number of nitrogens with zero attached hydrogens (tertiary/aromatic N) is 2. The van der Waals surface area contributed by atoms with Crippen molar-refractivity contribution in [3.8, 4) is 11.5 Å². The van der Waals surface area contributed by atoms with E-state index in [0.717, 1.165) is 58.3 Å². The fraction of sp³-hybridized carbons (Fsp3) is 0.286. The van der Waals surface area contributed by atoms with Crippen molar-refractivity contribution in [2.45, 2.75) is 25.7 Å². The second kappa shape index (κ2) is 10.2. The standard InChI is InChI=1S/C28H28N2O4/c31-11-1-13-33-23-9-7-21-15-25(29-27(21)17-23)19-3-5-20(6-4-19)26-16-22-8-10-24(18-28(22)30-26)34-14-2-12-32/h3-10,17-18,31-32H,1-2,11-16H2. The van der Waals surface area contributed by atoms with Crippen LogP contribution in [0.25, 0.3) is 0 Å². The molecule has 0 saturated carbocycles. The lowest BCUT2D eigenvalue weighted by molar-refractivity contribution is 0.233. The van der Waals surface area contributed by atoms with Gasteiger partial charge in [0.1, 0.15) is 11.5 Å². The van der Waals surface area contributed by atoms with E-state index >= 15 is 0 Å². The number of aliphatic hydroxyl groups excluding tert-OH is 2. The normalized spacial score (nSPS) is 13.8. The van der Waals surface area contributed by atoms with Gasteiger partial charge in [0.2, 0.25) is 0 Å². The summed E-state index contributed by atoms with van der Waals surface area (Å²) in [5, 5.41) is 17.8. The molecular weight excluding hydrogens is 428 g/mol. The Bertz CT molecular complexity index is 1140. The molecule has 34 heavy (non-hydrogen) atoms. The number of fused-ring (bicyclic) bond motifs is 2. The average molecular weight is 457 g/mol. The molecule has 2 aliphatic rings. The maximum atomic E-state index is 8.92. The Morgan fingerprint density at radius 3 is 1.47 bits per heavy atom. The van der Waals surface area contributed by atoms with E-state index in [4.69, 9.17) is 29.7 Å². The van der Waals surface area contributed by atoms with Crippen LogP contribution in [-0.4, -0.2) is 48.1 Å². The number of aliphatic imine (C=N–C) groups is 2. The first kappa shape index (κ1) is 22.3. The van der Waals surface area contributed by atoms with Gasteiger partial charge in [0, 0.05) is 51.0 Å². The molecule has 0 amide bonds. The fourth-order valence-corrected chi connectivity index (χ4v) is 4.20. The van der Waals surface area contributed by atoms with Gasteiger partial charge in [0.15, 0.2) is 0 Å². The summed E-state index contributed by atoms with van der Waals surface area (Å²) in [6.07, 6.45) is 2.84. The van der Waals surface area contributed by atoms with Gasteiger partial charge in [-0.15, -0.1) is 0 Å². The Kier molecular flexibility index (Phi) is 6.70. The summed E-state index contributed by atoms with van der Waals surface area (Å²) in [7, 11) is 0. The van der Waals surface area contributed by atoms with E-state index in [1.807, 2.05) is 24.3 Å². The molecule has 174 valence electrons. The van der Waals surface area contributed by atoms with Crippen LogP contribution in [0.3, 0.4) is 0 Å². The molecule has 2 aliphatic heterocycles. The summed E-state index contributed by atoms with van der Waals surface area (Å²) in [6.45, 7) is 1.25. The Labute approximate surface area is 199 Å². The highest BCUT2D eigenvalue weighted by Crippen LogP contribution is 2.34. The predicted octanol–water partition coefficient (Wildman–Crippen LogP) is 4.56. The van der Waals surface area contributed by atoms with Gasteiger partial charge in [0.05, 0.1) is 36.0 Å². The van der Waals surface area contributed by atoms with E-state index in [2.05, 4.69) is 36.4 Å². The topological polar surface area (TPSA) is 83.6 Å². The van der Waals surface area contributed by atoms with Crippen LogP contribution >= 0.6 is 0 Å². The van der Waals surface area contributed by atoms with Gasteiger partial charge < -0.3 is 19.7 Å². The zero-order chi connectivity index (χ0) is 23.3. The first-order chi connectivity index (χ1) is 16.7. The molecule has 2 N–H and O–H groups in total. The molecule has 0 unspecified atom stereocenters. The minimum atomic E-state index is 0.128. The SMILES string of the molecule is OCCCOc1ccc2c(c1)N=C(c1ccc(C3=Nc4cc(OCCCO)ccc4C3)cc1)C2. The summed E-state index contributed by atoms with van der Waals surface area (Å²) in [5.74, 6) is 1.57. The summed E-state index contributed by atoms with van der Waals surface area (Å²) < 4.78 is 11.4. The van der Waals surface area contributed by atoms with Gasteiger partial charge in [-0.3, -0.25) is 9.98 Å². The van der Waals surface area contributed by atoms with Gasteiger partial charge >= 0.3 is 0 Å². The zero-order valence-corrected chi connectivity index (χ0v) is 19.0. The Morgan fingerprint density at radius 1 is 0.618 bits per heavy atom. The smallest absolute Gasteiger partial charge is 0.121 e. The largest absolute Gasteiger partial charge is 0.493 e. The van der Waals surface area contributed by atoms with Gasteiger partial charge in [-0.2, -0.15) is 0 Å². The number of hydrogen-bond acceptors (Lipinski definition) is 6. The van der Waals surface area contributed by atoms with Crippen molar-refractivity contribution < 1.29 is 19.7 Å². The van der Waals surface area contributed by atoms with Crippen LogP contribution in [0, 0.1) is 0 Å². The molecular formula is C28H28N2O4. The Hall–Kier alpha value is -3.48. The first-order valence-electron chi connectivity index (χ1n) is 11.7. The van der Waals surface area contributed by atoms with Crippen LogP contribution in [-0.2, 0) is 12.8 Å². The number of hydrogen-bond donors (Lipinski definition) is 2. The third kappa shape index (κ3) is 4.88. The van der Waals surface area contributed by atoms with E-state index in [1.165, 1.54) is 11.1 Å². The van der Waals surface area contributed by atoms with Gasteiger partial charge in [0.25, 0.3) is 0 Å². The van der Waals surface area contributed by atoms with Crippen molar-refractivity contribution in [3.63, 3.8) is 0 Å². The molecule has 0 atom stereocenters. The van der Waals surface area contributed by atoms with Crippen molar-refractivity contribution in [2.75, 3.05) is 26.4 Å². The van der Waals surface area contributed by atoms with Gasteiger partial charge in [-0.25, -0.2) is 0 Å². The minimum Gasteiger partial charge on any atom is -0.493 e. The van der Waals surface area contributed by atoms with E-state index in [0.29, 0.717) is 26.1 Å². The molecule has 2 heterocycles. The molecule has 0 aliphatic carbocycles. The lowest BCUT2D eigenvalue weighted by Gasteiger charge is -2.06. The lowest BCUT2D eigenvalue weighted by Crippen LogP contribution is -2.04. The zero-order valence-electron chi connectivity index (χ0n) is 19.0. The molecule has 6 heteroatoms. The predicted molar refractivity (Wildman–Crippen MR) is 134 cm³/mol. The van der Waals surface area contributed by atoms with E-state index in [9.17, 15) is 0 Å². The number of ether oxygens (including phenoxy) is 2. The number of aliphatic hydroxyl groups is 2. The highest BCUT2D eigenvalue weighted by molar-refractivity contribution is 6.09. The molecule has 5 rings (SSSR count). The van der Waals surface area contributed by atoms with E-state index in [-0.39, 0.29) is 13.2 Å². The summed E-state index contributed by atoms with van der Waals surface area (Å²) >= 11 is 0. The van der Waals surface area contributed by atoms with Crippen molar-refractivity contribution >= 4 is 22.8 Å². The van der Waals surface area contributed by atoms with Crippen molar-refractivity contribution in [3.05, 3.63) is 82.9 Å². The van der Waals surface area contributed by atoms with E-state index < -0.39 is 0 Å². The summed E-state index contributed by atoms with van der Waals surface area (Å²) in [6, 6.07) is 20.5. The van der Waals surface area contributed by atoms with Crippen LogP contribution < -0.4 is 9.47 Å². The molecule has 6 nitrogen and oxygen atoms in total. The first-order valence-corrected chi connectivity index (χ1v) is 11.7. The van der Waals surface area contributed by atoms with Crippen LogP contribution in [0.15, 0.2) is 70.6 Å². The highest BCUT2D eigenvalue weighted by atomic mass is 16.5. The molecule has 3 aromatic carbocycles. The number of rotatable bonds is 10. The van der Waals surface area contributed by atoms with E-state index in [1.54, 1.807) is 0 Å². The van der Waals surface area contributed by atoms with Gasteiger partial charge in [-0.05, 0) is 34.4 Å². The molecule has 0 saturated heterocycles. The average Bonchev–Trinajstić information content (AvgIpc) is 3.48. The molecule has 0 bridgehead atoms. The molecule has 3 aromatic rings. The maximum absolute atomic E-state index is 8.92. The van der Waals surface area contributed by atoms with Crippen molar-refractivity contribution in [1.29, 1.82) is 0 Å². The summed E-state index contributed by atoms with van der Waals surface area (Å²) in [5.41, 5.74) is 8.62. The molecule has 0 radical (unpaired) electrons. The third-order valence-electron chi connectivity index (χ3n) is 6.03. The quantitative estimate of drug-likeness (QED) is 0.438. The Balaban J connectivity index is 1.27. The van der Waals surface area contributed by atoms with Crippen LogP contribution in [0.5, 0.6) is 11.5 Å². The second-order valence-corrected chi connectivity index (χ2v) is 8.48. The summed E-state index contributed by atoms with van der Waals surface area (Å²) in [4.78, 5) is 9.68. The molecule has 0 spiro atoms. The van der Waals surface area contributed by atoms with Crippen LogP contribution in [0.4, 0.5) is 11.4 Å². The van der Waals surface area contributed by atoms with Crippen LogP contribution in [0.2, 0.25) is 0 Å². The van der Waals surface area contributed by atoms with Crippen molar-refractivity contribution in [2.24, 2.45) is 9.98 Å². The third-order valence-corrected chi connectivity index (χ3v) is 6.03. The lowest BCUT2D eigenvalue weighted by atomic mass is 10.00. The second-order valence-electron chi connectivity index (χ2n) is 8.48. The monoisotopic (exact) mass is 456 g/mol. The highest BCUT2D eigenvalue weighted by Gasteiger charge is 2.19. The fourth-order valence-electron chi connectivity index (χ4n) is 4.20. The minimum absolute atomic E-state index is 0.128. The number of benzene rings is 3. The van der Waals surface area contributed by atoms with Crippen LogP contribution in [0.1, 0.15) is 35.1 Å². The molecule has 0 fully saturated rings.